The molecule has 0 aromatic heterocycles. The molecule has 1 amide bonds. The standard InChI is InChI=1S/C15H26N4O2/c1-11-8-15(9-11,13(16)17-21)14(20)19-7-4-12(10-19)18-5-2-3-6-18/h11-12,21H,2-10H2,1H3,(H2,16,17). The van der Waals surface area contributed by atoms with Gasteiger partial charge in [-0.2, -0.15) is 0 Å². The van der Waals surface area contributed by atoms with E-state index in [-0.39, 0.29) is 11.7 Å². The molecular formula is C15H26N4O2. The zero-order valence-corrected chi connectivity index (χ0v) is 12.8. The number of hydrogen-bond acceptors (Lipinski definition) is 4. The summed E-state index contributed by atoms with van der Waals surface area (Å²) in [4.78, 5) is 17.3. The molecule has 1 atom stereocenters. The Bertz CT molecular complexity index is 439. The van der Waals surface area contributed by atoms with Gasteiger partial charge >= 0.3 is 0 Å². The molecule has 1 unspecified atom stereocenters. The molecule has 2 aliphatic heterocycles. The first-order valence-corrected chi connectivity index (χ1v) is 8.08. The molecule has 0 aromatic rings. The van der Waals surface area contributed by atoms with E-state index in [0.29, 0.717) is 24.8 Å². The summed E-state index contributed by atoms with van der Waals surface area (Å²) in [6.45, 7) is 6.03. The van der Waals surface area contributed by atoms with Crippen molar-refractivity contribution in [3.8, 4) is 0 Å². The molecule has 0 aromatic carbocycles. The van der Waals surface area contributed by atoms with Crippen molar-refractivity contribution in [2.75, 3.05) is 26.2 Å². The predicted octanol–water partition coefficient (Wildman–Crippen LogP) is 0.846. The van der Waals surface area contributed by atoms with Crippen molar-refractivity contribution in [1.29, 1.82) is 0 Å². The van der Waals surface area contributed by atoms with Crippen molar-refractivity contribution in [2.45, 2.75) is 45.1 Å². The van der Waals surface area contributed by atoms with Gasteiger partial charge in [0.2, 0.25) is 5.91 Å². The molecule has 1 saturated carbocycles. The Hall–Kier alpha value is -1.30. The number of carbonyl (C=O) groups is 1. The normalized spacial score (nSPS) is 37.8. The number of hydrogen-bond donors (Lipinski definition) is 2. The predicted molar refractivity (Wildman–Crippen MR) is 80.0 cm³/mol. The summed E-state index contributed by atoms with van der Waals surface area (Å²) in [5.41, 5.74) is 5.10. The van der Waals surface area contributed by atoms with Gasteiger partial charge in [-0.3, -0.25) is 9.69 Å². The van der Waals surface area contributed by atoms with Crippen LogP contribution >= 0.6 is 0 Å². The summed E-state index contributed by atoms with van der Waals surface area (Å²) in [6, 6.07) is 0.498. The molecule has 3 fully saturated rings. The van der Waals surface area contributed by atoms with Crippen LogP contribution in [0.5, 0.6) is 0 Å². The van der Waals surface area contributed by atoms with Gasteiger partial charge in [0.05, 0.1) is 0 Å². The van der Waals surface area contributed by atoms with Crippen LogP contribution in [0.4, 0.5) is 0 Å². The van der Waals surface area contributed by atoms with E-state index in [1.165, 1.54) is 12.8 Å². The van der Waals surface area contributed by atoms with Crippen molar-refractivity contribution < 1.29 is 10.0 Å². The molecule has 2 saturated heterocycles. The van der Waals surface area contributed by atoms with E-state index in [0.717, 1.165) is 32.6 Å². The van der Waals surface area contributed by atoms with Gasteiger partial charge in [-0.05, 0) is 51.1 Å². The van der Waals surface area contributed by atoms with Crippen LogP contribution in [-0.2, 0) is 4.79 Å². The van der Waals surface area contributed by atoms with E-state index in [9.17, 15) is 4.79 Å². The van der Waals surface area contributed by atoms with Gasteiger partial charge in [0.1, 0.15) is 5.41 Å². The van der Waals surface area contributed by atoms with Crippen LogP contribution in [0, 0.1) is 11.3 Å². The van der Waals surface area contributed by atoms with E-state index in [4.69, 9.17) is 10.9 Å². The SMILES string of the molecule is CC1CC(C(=O)N2CCC(N3CCCC3)C2)(C(N)=NO)C1. The molecule has 0 spiro atoms. The van der Waals surface area contributed by atoms with Crippen LogP contribution in [0.1, 0.15) is 39.0 Å². The molecule has 6 heteroatoms. The maximum absolute atomic E-state index is 12.9. The van der Waals surface area contributed by atoms with Crippen LogP contribution in [0.25, 0.3) is 0 Å². The third-order valence-electron chi connectivity index (χ3n) is 5.51. The summed E-state index contributed by atoms with van der Waals surface area (Å²) >= 11 is 0. The van der Waals surface area contributed by atoms with E-state index in [2.05, 4.69) is 17.0 Å². The van der Waals surface area contributed by atoms with Gasteiger partial charge in [-0.1, -0.05) is 12.1 Å². The molecule has 118 valence electrons. The molecule has 21 heavy (non-hydrogen) atoms. The maximum Gasteiger partial charge on any atom is 0.236 e. The summed E-state index contributed by atoms with van der Waals surface area (Å²) in [7, 11) is 0. The Morgan fingerprint density at radius 2 is 1.95 bits per heavy atom. The minimum absolute atomic E-state index is 0.0672. The molecule has 3 N–H and O–H groups in total. The van der Waals surface area contributed by atoms with Crippen molar-refractivity contribution >= 4 is 11.7 Å². The number of nitrogens with two attached hydrogens (primary N) is 1. The van der Waals surface area contributed by atoms with Crippen LogP contribution in [0.15, 0.2) is 5.16 Å². The molecule has 1 aliphatic carbocycles. The lowest BCUT2D eigenvalue weighted by atomic mass is 9.61. The van der Waals surface area contributed by atoms with Crippen LogP contribution in [-0.4, -0.2) is 59.0 Å². The number of amides is 1. The van der Waals surface area contributed by atoms with E-state index < -0.39 is 5.41 Å². The lowest BCUT2D eigenvalue weighted by Gasteiger charge is -2.45. The Kier molecular flexibility index (Phi) is 3.82. The molecule has 0 bridgehead atoms. The highest BCUT2D eigenvalue weighted by Gasteiger charge is 2.54. The van der Waals surface area contributed by atoms with Crippen molar-refractivity contribution in [1.82, 2.24) is 9.80 Å². The minimum atomic E-state index is -0.742. The van der Waals surface area contributed by atoms with Crippen molar-refractivity contribution in [2.24, 2.45) is 22.2 Å². The Labute approximate surface area is 125 Å². The summed E-state index contributed by atoms with van der Waals surface area (Å²) in [6.07, 6.45) is 5.00. The molecule has 3 aliphatic rings. The van der Waals surface area contributed by atoms with Crippen molar-refractivity contribution in [3.05, 3.63) is 0 Å². The Balaban J connectivity index is 1.67. The first-order chi connectivity index (χ1) is 10.1. The smallest absolute Gasteiger partial charge is 0.236 e. The number of nitrogens with zero attached hydrogens (tertiary/aromatic N) is 3. The van der Waals surface area contributed by atoms with E-state index >= 15 is 0 Å². The highest BCUT2D eigenvalue weighted by Crippen LogP contribution is 2.47. The van der Waals surface area contributed by atoms with Crippen LogP contribution < -0.4 is 5.73 Å². The highest BCUT2D eigenvalue weighted by molar-refractivity contribution is 6.07. The van der Waals surface area contributed by atoms with Crippen molar-refractivity contribution in [3.63, 3.8) is 0 Å². The fraction of sp³-hybridized carbons (Fsp3) is 0.867. The zero-order chi connectivity index (χ0) is 15.0. The average molecular weight is 294 g/mol. The summed E-state index contributed by atoms with van der Waals surface area (Å²) in [5, 5.41) is 12.2. The maximum atomic E-state index is 12.9. The third kappa shape index (κ3) is 2.39. The number of oxime groups is 1. The second-order valence-electron chi connectivity index (χ2n) is 7.02. The number of amidine groups is 1. The third-order valence-corrected chi connectivity index (χ3v) is 5.51. The second-order valence-corrected chi connectivity index (χ2v) is 7.02. The first-order valence-electron chi connectivity index (χ1n) is 8.08. The zero-order valence-electron chi connectivity index (χ0n) is 12.8. The minimum Gasteiger partial charge on any atom is -0.409 e. The second kappa shape index (κ2) is 5.48. The van der Waals surface area contributed by atoms with Gasteiger partial charge < -0.3 is 15.8 Å². The molecule has 0 radical (unpaired) electrons. The number of carbonyl (C=O) groups excluding carboxylic acids is 1. The monoisotopic (exact) mass is 294 g/mol. The first kappa shape index (κ1) is 14.6. The topological polar surface area (TPSA) is 82.2 Å². The van der Waals surface area contributed by atoms with E-state index in [1.807, 2.05) is 4.90 Å². The summed E-state index contributed by atoms with van der Waals surface area (Å²) in [5.74, 6) is 0.624. The number of likely N-dealkylation sites (tertiary alicyclic amines) is 2. The largest absolute Gasteiger partial charge is 0.409 e. The quantitative estimate of drug-likeness (QED) is 0.350. The van der Waals surface area contributed by atoms with Crippen LogP contribution in [0.2, 0.25) is 0 Å². The highest BCUT2D eigenvalue weighted by atomic mass is 16.4. The van der Waals surface area contributed by atoms with Gasteiger partial charge in [0.15, 0.2) is 5.84 Å². The van der Waals surface area contributed by atoms with Gasteiger partial charge in [-0.25, -0.2) is 0 Å². The Morgan fingerprint density at radius 3 is 2.52 bits per heavy atom. The average Bonchev–Trinajstić information content (AvgIpc) is 3.11. The van der Waals surface area contributed by atoms with Gasteiger partial charge in [0.25, 0.3) is 0 Å². The van der Waals surface area contributed by atoms with Gasteiger partial charge in [0, 0.05) is 19.1 Å². The molecule has 2 heterocycles. The lowest BCUT2D eigenvalue weighted by molar-refractivity contribution is -0.143. The number of rotatable bonds is 3. The molecule has 6 nitrogen and oxygen atoms in total. The molecular weight excluding hydrogens is 268 g/mol. The summed E-state index contributed by atoms with van der Waals surface area (Å²) < 4.78 is 0. The van der Waals surface area contributed by atoms with Gasteiger partial charge in [-0.15, -0.1) is 0 Å². The van der Waals surface area contributed by atoms with Crippen LogP contribution in [0.3, 0.4) is 0 Å². The van der Waals surface area contributed by atoms with E-state index in [1.54, 1.807) is 0 Å². The molecule has 3 rings (SSSR count). The lowest BCUT2D eigenvalue weighted by Crippen LogP contribution is -2.57. The fourth-order valence-corrected chi connectivity index (χ4v) is 4.35. The fourth-order valence-electron chi connectivity index (χ4n) is 4.35. The Morgan fingerprint density at radius 1 is 1.29 bits per heavy atom.